The monoisotopic (exact) mass is 228 g/mol. The van der Waals surface area contributed by atoms with E-state index in [0.29, 0.717) is 12.3 Å². The molecule has 0 rings (SSSR count). The second-order valence-electron chi connectivity index (χ2n) is 4.95. The molecule has 0 N–H and O–H groups in total. The van der Waals surface area contributed by atoms with Crippen LogP contribution in [0.2, 0.25) is 0 Å². The number of hydrogen-bond donors (Lipinski definition) is 0. The van der Waals surface area contributed by atoms with Gasteiger partial charge >= 0.3 is 0 Å². The van der Waals surface area contributed by atoms with E-state index in [2.05, 4.69) is 0 Å². The highest BCUT2D eigenvalue weighted by atomic mass is 16.2. The maximum absolute atomic E-state index is 11.7. The maximum atomic E-state index is 11.7. The SMILES string of the molecule is CC(C)CC(=O)N(C)CC(=O)N(C)C(C)C. The molecule has 0 aromatic rings. The van der Waals surface area contributed by atoms with Crippen molar-refractivity contribution in [1.82, 2.24) is 9.80 Å². The van der Waals surface area contributed by atoms with Crippen LogP contribution < -0.4 is 0 Å². The number of carbonyl (C=O) groups is 2. The van der Waals surface area contributed by atoms with Gasteiger partial charge in [0.2, 0.25) is 11.8 Å². The molecule has 4 nitrogen and oxygen atoms in total. The van der Waals surface area contributed by atoms with E-state index in [0.717, 1.165) is 0 Å². The first-order valence-electron chi connectivity index (χ1n) is 5.75. The van der Waals surface area contributed by atoms with Crippen LogP contribution in [0.15, 0.2) is 0 Å². The Morgan fingerprint density at radius 3 is 1.88 bits per heavy atom. The molecule has 0 aliphatic rings. The van der Waals surface area contributed by atoms with Crippen LogP contribution >= 0.6 is 0 Å². The lowest BCUT2D eigenvalue weighted by Gasteiger charge is -2.25. The molecule has 4 heteroatoms. The topological polar surface area (TPSA) is 40.6 Å². The molecule has 94 valence electrons. The zero-order valence-corrected chi connectivity index (χ0v) is 11.3. The van der Waals surface area contributed by atoms with Gasteiger partial charge in [0.1, 0.15) is 0 Å². The van der Waals surface area contributed by atoms with Gasteiger partial charge in [0, 0.05) is 26.6 Å². The summed E-state index contributed by atoms with van der Waals surface area (Å²) >= 11 is 0. The summed E-state index contributed by atoms with van der Waals surface area (Å²) in [4.78, 5) is 26.5. The Morgan fingerprint density at radius 2 is 1.50 bits per heavy atom. The Morgan fingerprint density at radius 1 is 1.00 bits per heavy atom. The number of amides is 2. The number of likely N-dealkylation sites (N-methyl/N-ethyl adjacent to an activating group) is 2. The van der Waals surface area contributed by atoms with Gasteiger partial charge in [-0.3, -0.25) is 9.59 Å². The molecule has 0 saturated carbocycles. The zero-order chi connectivity index (χ0) is 12.9. The third-order valence-corrected chi connectivity index (χ3v) is 2.55. The van der Waals surface area contributed by atoms with Crippen molar-refractivity contribution in [3.05, 3.63) is 0 Å². The lowest BCUT2D eigenvalue weighted by molar-refractivity contribution is -0.139. The van der Waals surface area contributed by atoms with Gasteiger partial charge in [-0.1, -0.05) is 13.8 Å². The molecule has 0 fully saturated rings. The predicted octanol–water partition coefficient (Wildman–Crippen LogP) is 1.36. The fourth-order valence-corrected chi connectivity index (χ4v) is 1.20. The van der Waals surface area contributed by atoms with E-state index < -0.39 is 0 Å². The first-order valence-corrected chi connectivity index (χ1v) is 5.75. The minimum absolute atomic E-state index is 0.0189. The van der Waals surface area contributed by atoms with Crippen LogP contribution in [0.25, 0.3) is 0 Å². The van der Waals surface area contributed by atoms with Crippen LogP contribution in [0.1, 0.15) is 34.1 Å². The normalized spacial score (nSPS) is 10.8. The number of carbonyl (C=O) groups excluding carboxylic acids is 2. The molecule has 0 atom stereocenters. The van der Waals surface area contributed by atoms with Gasteiger partial charge in [0.15, 0.2) is 0 Å². The minimum atomic E-state index is -0.0189. The minimum Gasteiger partial charge on any atom is -0.342 e. The molecular weight excluding hydrogens is 204 g/mol. The summed E-state index contributed by atoms with van der Waals surface area (Å²) in [5, 5.41) is 0. The highest BCUT2D eigenvalue weighted by Crippen LogP contribution is 2.03. The van der Waals surface area contributed by atoms with Crippen LogP contribution in [-0.2, 0) is 9.59 Å². The van der Waals surface area contributed by atoms with Crippen molar-refractivity contribution in [2.75, 3.05) is 20.6 Å². The number of rotatable bonds is 5. The second-order valence-corrected chi connectivity index (χ2v) is 4.95. The Hall–Kier alpha value is -1.06. The van der Waals surface area contributed by atoms with Gasteiger partial charge in [-0.15, -0.1) is 0 Å². The standard InChI is InChI=1S/C12H24N2O2/c1-9(2)7-11(15)13(5)8-12(16)14(6)10(3)4/h9-10H,7-8H2,1-6H3. The van der Waals surface area contributed by atoms with E-state index in [-0.39, 0.29) is 24.4 Å². The molecule has 0 aliphatic heterocycles. The summed E-state index contributed by atoms with van der Waals surface area (Å²) in [5.41, 5.74) is 0. The third kappa shape index (κ3) is 5.14. The molecule has 0 saturated heterocycles. The first kappa shape index (κ1) is 14.9. The summed E-state index contributed by atoms with van der Waals surface area (Å²) in [6.07, 6.45) is 0.495. The van der Waals surface area contributed by atoms with Crippen LogP contribution in [0, 0.1) is 5.92 Å². The summed E-state index contributed by atoms with van der Waals surface area (Å²) in [7, 11) is 3.44. The smallest absolute Gasteiger partial charge is 0.242 e. The van der Waals surface area contributed by atoms with Crippen molar-refractivity contribution in [3.8, 4) is 0 Å². The average molecular weight is 228 g/mol. The van der Waals surface area contributed by atoms with Crippen LogP contribution in [0.5, 0.6) is 0 Å². The summed E-state index contributed by atoms with van der Waals surface area (Å²) in [5.74, 6) is 0.336. The predicted molar refractivity (Wildman–Crippen MR) is 65.0 cm³/mol. The van der Waals surface area contributed by atoms with Gasteiger partial charge in [0.05, 0.1) is 6.54 Å². The lowest BCUT2D eigenvalue weighted by Crippen LogP contribution is -2.42. The van der Waals surface area contributed by atoms with Crippen molar-refractivity contribution < 1.29 is 9.59 Å². The summed E-state index contributed by atoms with van der Waals surface area (Å²) in [6, 6.07) is 0.168. The van der Waals surface area contributed by atoms with Crippen LogP contribution in [-0.4, -0.2) is 48.3 Å². The first-order chi connectivity index (χ1) is 7.25. The molecule has 0 aromatic carbocycles. The van der Waals surface area contributed by atoms with Crippen molar-refractivity contribution >= 4 is 11.8 Å². The second kappa shape index (κ2) is 6.51. The lowest BCUT2D eigenvalue weighted by atomic mass is 10.1. The Kier molecular flexibility index (Phi) is 6.08. The van der Waals surface area contributed by atoms with Crippen molar-refractivity contribution in [3.63, 3.8) is 0 Å². The molecule has 0 spiro atoms. The number of hydrogen-bond acceptors (Lipinski definition) is 2. The Bertz CT molecular complexity index is 249. The molecule has 16 heavy (non-hydrogen) atoms. The van der Waals surface area contributed by atoms with Gasteiger partial charge in [0.25, 0.3) is 0 Å². The quantitative estimate of drug-likeness (QED) is 0.713. The maximum Gasteiger partial charge on any atom is 0.242 e. The summed E-state index contributed by atoms with van der Waals surface area (Å²) < 4.78 is 0. The fourth-order valence-electron chi connectivity index (χ4n) is 1.20. The molecule has 2 amide bonds. The average Bonchev–Trinajstić information content (AvgIpc) is 2.14. The van der Waals surface area contributed by atoms with Gasteiger partial charge < -0.3 is 9.80 Å². The van der Waals surface area contributed by atoms with Crippen molar-refractivity contribution in [2.45, 2.75) is 40.2 Å². The molecule has 0 heterocycles. The van der Waals surface area contributed by atoms with E-state index in [1.165, 1.54) is 4.90 Å². The van der Waals surface area contributed by atoms with Gasteiger partial charge in [-0.2, -0.15) is 0 Å². The largest absolute Gasteiger partial charge is 0.342 e. The molecule has 0 aromatic heterocycles. The van der Waals surface area contributed by atoms with Crippen molar-refractivity contribution in [2.24, 2.45) is 5.92 Å². The molecule has 0 radical (unpaired) electrons. The Labute approximate surface area is 98.6 Å². The van der Waals surface area contributed by atoms with E-state index >= 15 is 0 Å². The molecule has 0 unspecified atom stereocenters. The highest BCUT2D eigenvalue weighted by Gasteiger charge is 2.17. The van der Waals surface area contributed by atoms with Crippen LogP contribution in [0.3, 0.4) is 0 Å². The third-order valence-electron chi connectivity index (χ3n) is 2.55. The van der Waals surface area contributed by atoms with Gasteiger partial charge in [-0.05, 0) is 19.8 Å². The fraction of sp³-hybridized carbons (Fsp3) is 0.833. The summed E-state index contributed by atoms with van der Waals surface area (Å²) in [6.45, 7) is 8.06. The van der Waals surface area contributed by atoms with Crippen LogP contribution in [0.4, 0.5) is 0 Å². The Balaban J connectivity index is 4.18. The van der Waals surface area contributed by atoms with E-state index in [1.54, 1.807) is 19.0 Å². The van der Waals surface area contributed by atoms with Crippen molar-refractivity contribution in [1.29, 1.82) is 0 Å². The van der Waals surface area contributed by atoms with E-state index in [9.17, 15) is 9.59 Å². The van der Waals surface area contributed by atoms with Gasteiger partial charge in [-0.25, -0.2) is 0 Å². The number of nitrogens with zero attached hydrogens (tertiary/aromatic N) is 2. The molecule has 0 aliphatic carbocycles. The van der Waals surface area contributed by atoms with E-state index in [4.69, 9.17) is 0 Å². The molecule has 0 bridgehead atoms. The highest BCUT2D eigenvalue weighted by molar-refractivity contribution is 5.84. The molecular formula is C12H24N2O2. The zero-order valence-electron chi connectivity index (χ0n) is 11.3. The van der Waals surface area contributed by atoms with E-state index in [1.807, 2.05) is 27.7 Å².